The van der Waals surface area contributed by atoms with Crippen molar-refractivity contribution in [3.05, 3.63) is 22.4 Å². The van der Waals surface area contributed by atoms with Crippen molar-refractivity contribution < 1.29 is 4.79 Å². The molecule has 2 saturated carbocycles. The van der Waals surface area contributed by atoms with Crippen molar-refractivity contribution in [2.45, 2.75) is 57.5 Å². The van der Waals surface area contributed by atoms with E-state index in [1.807, 2.05) is 0 Å². The summed E-state index contributed by atoms with van der Waals surface area (Å²) in [4.78, 5) is 16.1. The molecule has 1 heterocycles. The fourth-order valence-corrected chi connectivity index (χ4v) is 3.63. The van der Waals surface area contributed by atoms with Crippen molar-refractivity contribution in [2.75, 3.05) is 0 Å². The lowest BCUT2D eigenvalue weighted by Crippen LogP contribution is -2.38. The van der Waals surface area contributed by atoms with Gasteiger partial charge in [-0.1, -0.05) is 25.3 Å². The van der Waals surface area contributed by atoms with Gasteiger partial charge in [-0.2, -0.15) is 0 Å². The maximum atomic E-state index is 12.6. The Morgan fingerprint density at radius 3 is 2.61 bits per heavy atom. The number of carbonyl (C=O) groups excluding carboxylic acids is 1. The molecule has 3 rings (SSSR count). The van der Waals surface area contributed by atoms with E-state index in [1.165, 1.54) is 37.0 Å². The second-order valence-electron chi connectivity index (χ2n) is 5.61. The molecular formula is C15H21NOS. The van der Waals surface area contributed by atoms with Crippen LogP contribution in [0.1, 0.15) is 49.8 Å². The molecular weight excluding hydrogens is 242 g/mol. The Morgan fingerprint density at radius 1 is 1.22 bits per heavy atom. The van der Waals surface area contributed by atoms with Gasteiger partial charge in [0.05, 0.1) is 6.54 Å². The number of thiophene rings is 1. The molecule has 0 unspecified atom stereocenters. The minimum absolute atomic E-state index is 0.319. The molecule has 2 fully saturated rings. The van der Waals surface area contributed by atoms with E-state index < -0.39 is 0 Å². The van der Waals surface area contributed by atoms with E-state index in [0.29, 0.717) is 17.9 Å². The molecule has 1 aromatic rings. The molecule has 0 spiro atoms. The zero-order valence-electron chi connectivity index (χ0n) is 10.8. The van der Waals surface area contributed by atoms with E-state index in [4.69, 9.17) is 0 Å². The first-order valence-electron chi connectivity index (χ1n) is 7.17. The first kappa shape index (κ1) is 12.2. The maximum Gasteiger partial charge on any atom is 0.226 e. The van der Waals surface area contributed by atoms with Crippen molar-refractivity contribution in [1.29, 1.82) is 0 Å². The van der Waals surface area contributed by atoms with Gasteiger partial charge in [0.25, 0.3) is 0 Å². The molecule has 1 amide bonds. The van der Waals surface area contributed by atoms with Crippen LogP contribution < -0.4 is 0 Å². The highest BCUT2D eigenvalue weighted by atomic mass is 32.1. The molecule has 2 aliphatic carbocycles. The molecule has 0 bridgehead atoms. The summed E-state index contributed by atoms with van der Waals surface area (Å²) in [7, 11) is 0. The van der Waals surface area contributed by atoms with E-state index in [2.05, 4.69) is 22.4 Å². The van der Waals surface area contributed by atoms with Gasteiger partial charge in [-0.15, -0.1) is 11.3 Å². The lowest BCUT2D eigenvalue weighted by Gasteiger charge is -2.29. The third kappa shape index (κ3) is 2.77. The summed E-state index contributed by atoms with van der Waals surface area (Å²) in [5.41, 5.74) is 0. The van der Waals surface area contributed by atoms with E-state index >= 15 is 0 Å². The third-order valence-corrected chi connectivity index (χ3v) is 4.99. The van der Waals surface area contributed by atoms with Gasteiger partial charge in [0.2, 0.25) is 5.91 Å². The predicted octanol–water partition coefficient (Wildman–Crippen LogP) is 3.82. The number of nitrogens with zero attached hydrogens (tertiary/aromatic N) is 1. The van der Waals surface area contributed by atoms with Crippen molar-refractivity contribution in [3.8, 4) is 0 Å². The quantitative estimate of drug-likeness (QED) is 0.808. The molecule has 0 atom stereocenters. The van der Waals surface area contributed by atoms with Crippen molar-refractivity contribution in [2.24, 2.45) is 5.92 Å². The first-order chi connectivity index (χ1) is 8.84. The number of amides is 1. The maximum absolute atomic E-state index is 12.6. The molecule has 2 aliphatic rings. The molecule has 98 valence electrons. The summed E-state index contributed by atoms with van der Waals surface area (Å²) < 4.78 is 0. The van der Waals surface area contributed by atoms with Crippen molar-refractivity contribution in [3.63, 3.8) is 0 Å². The van der Waals surface area contributed by atoms with Gasteiger partial charge in [-0.3, -0.25) is 4.79 Å². The zero-order chi connectivity index (χ0) is 12.4. The van der Waals surface area contributed by atoms with Crippen LogP contribution >= 0.6 is 11.3 Å². The highest BCUT2D eigenvalue weighted by Gasteiger charge is 2.36. The molecule has 2 nitrogen and oxygen atoms in total. The Hall–Kier alpha value is -0.830. The minimum Gasteiger partial charge on any atom is -0.334 e. The number of carbonyl (C=O) groups is 1. The second kappa shape index (κ2) is 5.43. The Bertz CT molecular complexity index is 391. The predicted molar refractivity (Wildman–Crippen MR) is 74.5 cm³/mol. The molecule has 0 saturated heterocycles. The standard InChI is InChI=1S/C15H21NOS/c17-15(12-5-2-1-3-6-12)16(13-8-9-13)11-14-7-4-10-18-14/h4,7,10,12-13H,1-3,5-6,8-9,11H2. The van der Waals surface area contributed by atoms with Crippen LogP contribution in [0.25, 0.3) is 0 Å². The lowest BCUT2D eigenvalue weighted by molar-refractivity contribution is -0.137. The largest absolute Gasteiger partial charge is 0.334 e. The number of hydrogen-bond acceptors (Lipinski definition) is 2. The van der Waals surface area contributed by atoms with E-state index in [1.54, 1.807) is 11.3 Å². The molecule has 3 heteroatoms. The van der Waals surface area contributed by atoms with Gasteiger partial charge in [0.1, 0.15) is 0 Å². The number of hydrogen-bond donors (Lipinski definition) is 0. The van der Waals surface area contributed by atoms with Crippen LogP contribution in [0.5, 0.6) is 0 Å². The fraction of sp³-hybridized carbons (Fsp3) is 0.667. The normalized spacial score (nSPS) is 20.9. The third-order valence-electron chi connectivity index (χ3n) is 4.13. The number of rotatable bonds is 4. The topological polar surface area (TPSA) is 20.3 Å². The van der Waals surface area contributed by atoms with Crippen LogP contribution in [0.2, 0.25) is 0 Å². The molecule has 0 aliphatic heterocycles. The van der Waals surface area contributed by atoms with Crippen LogP contribution in [0.3, 0.4) is 0 Å². The summed E-state index contributed by atoms with van der Waals surface area (Å²) in [5, 5.41) is 2.10. The smallest absolute Gasteiger partial charge is 0.226 e. The average Bonchev–Trinajstić information content (AvgIpc) is 3.13. The highest BCUT2D eigenvalue weighted by Crippen LogP contribution is 2.33. The molecule has 0 N–H and O–H groups in total. The molecule has 1 aromatic heterocycles. The summed E-state index contributed by atoms with van der Waals surface area (Å²) in [6, 6.07) is 4.77. The molecule has 18 heavy (non-hydrogen) atoms. The summed E-state index contributed by atoms with van der Waals surface area (Å²) in [6.45, 7) is 0.845. The summed E-state index contributed by atoms with van der Waals surface area (Å²) in [6.07, 6.45) is 8.46. The summed E-state index contributed by atoms with van der Waals surface area (Å²) >= 11 is 1.77. The van der Waals surface area contributed by atoms with Gasteiger partial charge in [0.15, 0.2) is 0 Å². The van der Waals surface area contributed by atoms with Crippen molar-refractivity contribution >= 4 is 17.2 Å². The Morgan fingerprint density at radius 2 is 2.00 bits per heavy atom. The Kier molecular flexibility index (Phi) is 3.69. The van der Waals surface area contributed by atoms with E-state index in [-0.39, 0.29) is 0 Å². The van der Waals surface area contributed by atoms with Gasteiger partial charge >= 0.3 is 0 Å². The SMILES string of the molecule is O=C(C1CCCCC1)N(Cc1cccs1)C1CC1. The lowest BCUT2D eigenvalue weighted by atomic mass is 9.88. The van der Waals surface area contributed by atoms with Crippen LogP contribution in [0, 0.1) is 5.92 Å². The fourth-order valence-electron chi connectivity index (χ4n) is 2.93. The van der Waals surface area contributed by atoms with E-state index in [0.717, 1.165) is 19.4 Å². The van der Waals surface area contributed by atoms with Crippen LogP contribution in [-0.4, -0.2) is 16.8 Å². The molecule has 0 radical (unpaired) electrons. The van der Waals surface area contributed by atoms with Crippen LogP contribution in [0.4, 0.5) is 0 Å². The first-order valence-corrected chi connectivity index (χ1v) is 8.05. The summed E-state index contributed by atoms with van der Waals surface area (Å²) in [5.74, 6) is 0.755. The van der Waals surface area contributed by atoms with Crippen LogP contribution in [0.15, 0.2) is 17.5 Å². The second-order valence-corrected chi connectivity index (χ2v) is 6.64. The highest BCUT2D eigenvalue weighted by molar-refractivity contribution is 7.09. The van der Waals surface area contributed by atoms with E-state index in [9.17, 15) is 4.79 Å². The van der Waals surface area contributed by atoms with Gasteiger partial charge in [-0.05, 0) is 37.1 Å². The van der Waals surface area contributed by atoms with Gasteiger partial charge in [-0.25, -0.2) is 0 Å². The minimum atomic E-state index is 0.319. The Balaban J connectivity index is 1.66. The van der Waals surface area contributed by atoms with Crippen molar-refractivity contribution in [1.82, 2.24) is 4.90 Å². The Labute approximate surface area is 113 Å². The van der Waals surface area contributed by atoms with Crippen LogP contribution in [-0.2, 0) is 11.3 Å². The van der Waals surface area contributed by atoms with Gasteiger partial charge < -0.3 is 4.90 Å². The van der Waals surface area contributed by atoms with Gasteiger partial charge in [0, 0.05) is 16.8 Å². The average molecular weight is 263 g/mol. The monoisotopic (exact) mass is 263 g/mol. The molecule has 0 aromatic carbocycles. The zero-order valence-corrected chi connectivity index (χ0v) is 11.6.